The van der Waals surface area contributed by atoms with Crippen LogP contribution in [0.3, 0.4) is 0 Å². The number of nitrogen functional groups attached to an aromatic ring is 1. The predicted molar refractivity (Wildman–Crippen MR) is 78.4 cm³/mol. The van der Waals surface area contributed by atoms with Crippen molar-refractivity contribution in [1.29, 1.82) is 0 Å². The summed E-state index contributed by atoms with van der Waals surface area (Å²) < 4.78 is 0. The number of anilines is 1. The van der Waals surface area contributed by atoms with E-state index < -0.39 is 0 Å². The second-order valence-corrected chi connectivity index (χ2v) is 5.93. The Balaban J connectivity index is 1.92. The van der Waals surface area contributed by atoms with E-state index in [9.17, 15) is 0 Å². The summed E-state index contributed by atoms with van der Waals surface area (Å²) in [5, 5.41) is 1.93. The Kier molecular flexibility index (Phi) is 2.32. The van der Waals surface area contributed by atoms with Crippen LogP contribution in [-0.2, 0) is 6.42 Å². The molecule has 1 aromatic carbocycles. The lowest BCUT2D eigenvalue weighted by molar-refractivity contribution is 0.796. The van der Waals surface area contributed by atoms with Gasteiger partial charge in [0, 0.05) is 22.4 Å². The number of thiazole rings is 1. The van der Waals surface area contributed by atoms with Gasteiger partial charge >= 0.3 is 0 Å². The first kappa shape index (κ1) is 10.9. The van der Waals surface area contributed by atoms with Crippen LogP contribution in [0.1, 0.15) is 28.5 Å². The maximum absolute atomic E-state index is 5.84. The van der Waals surface area contributed by atoms with E-state index in [0.29, 0.717) is 11.0 Å². The van der Waals surface area contributed by atoms with Gasteiger partial charge in [-0.3, -0.25) is 4.98 Å². The van der Waals surface area contributed by atoms with Crippen LogP contribution in [0, 0.1) is 0 Å². The maximum atomic E-state index is 5.84. The average molecular weight is 267 g/mol. The molecule has 0 amide bonds. The average Bonchev–Trinajstić information content (AvgIpc) is 2.97. The summed E-state index contributed by atoms with van der Waals surface area (Å²) in [6, 6.07) is 10.5. The van der Waals surface area contributed by atoms with E-state index in [0.717, 1.165) is 18.4 Å². The Morgan fingerprint density at radius 3 is 3.11 bits per heavy atom. The zero-order valence-corrected chi connectivity index (χ0v) is 11.2. The largest absolute Gasteiger partial charge is 0.375 e. The first-order chi connectivity index (χ1) is 9.33. The van der Waals surface area contributed by atoms with Crippen LogP contribution in [0.5, 0.6) is 0 Å². The van der Waals surface area contributed by atoms with Crippen LogP contribution < -0.4 is 5.73 Å². The molecule has 4 heteroatoms. The zero-order chi connectivity index (χ0) is 12.8. The van der Waals surface area contributed by atoms with Gasteiger partial charge in [0.25, 0.3) is 0 Å². The summed E-state index contributed by atoms with van der Waals surface area (Å²) in [4.78, 5) is 10.2. The minimum absolute atomic E-state index is 0.428. The molecule has 3 aromatic rings. The van der Waals surface area contributed by atoms with Crippen LogP contribution in [0.15, 0.2) is 36.5 Å². The van der Waals surface area contributed by atoms with Crippen molar-refractivity contribution in [3.63, 3.8) is 0 Å². The van der Waals surface area contributed by atoms with Crippen LogP contribution in [0.25, 0.3) is 10.9 Å². The van der Waals surface area contributed by atoms with Crippen molar-refractivity contribution in [2.75, 3.05) is 5.73 Å². The predicted octanol–water partition coefficient (Wildman–Crippen LogP) is 3.35. The van der Waals surface area contributed by atoms with Crippen LogP contribution in [0.2, 0.25) is 0 Å². The summed E-state index contributed by atoms with van der Waals surface area (Å²) >= 11 is 1.63. The van der Waals surface area contributed by atoms with Crippen molar-refractivity contribution in [2.24, 2.45) is 0 Å². The Bertz CT molecular complexity index is 758. The van der Waals surface area contributed by atoms with Gasteiger partial charge in [0.2, 0.25) is 0 Å². The molecule has 1 aliphatic rings. The van der Waals surface area contributed by atoms with Gasteiger partial charge < -0.3 is 5.73 Å². The number of benzene rings is 1. The molecule has 19 heavy (non-hydrogen) atoms. The van der Waals surface area contributed by atoms with E-state index in [1.807, 2.05) is 12.3 Å². The van der Waals surface area contributed by atoms with Crippen molar-refractivity contribution in [1.82, 2.24) is 9.97 Å². The number of aromatic nitrogens is 2. The minimum Gasteiger partial charge on any atom is -0.375 e. The molecule has 2 aromatic heterocycles. The highest BCUT2D eigenvalue weighted by molar-refractivity contribution is 7.15. The number of hydrogen-bond acceptors (Lipinski definition) is 4. The van der Waals surface area contributed by atoms with Gasteiger partial charge in [0.05, 0.1) is 11.2 Å². The molecule has 0 fully saturated rings. The van der Waals surface area contributed by atoms with Crippen molar-refractivity contribution >= 4 is 27.4 Å². The summed E-state index contributed by atoms with van der Waals surface area (Å²) in [6.45, 7) is 0. The number of aryl methyl sites for hydroxylation is 1. The minimum atomic E-state index is 0.428. The van der Waals surface area contributed by atoms with Crippen LogP contribution >= 0.6 is 11.3 Å². The van der Waals surface area contributed by atoms with E-state index in [2.05, 4.69) is 34.2 Å². The second-order valence-electron chi connectivity index (χ2n) is 4.87. The number of fused-ring (bicyclic) bond motifs is 2. The summed E-state index contributed by atoms with van der Waals surface area (Å²) in [5.41, 5.74) is 9.44. The summed E-state index contributed by atoms with van der Waals surface area (Å²) in [5.74, 6) is 0.428. The van der Waals surface area contributed by atoms with Crippen molar-refractivity contribution in [2.45, 2.75) is 18.8 Å². The second kappa shape index (κ2) is 4.03. The third-order valence-electron chi connectivity index (χ3n) is 3.79. The third-order valence-corrected chi connectivity index (χ3v) is 4.83. The highest BCUT2D eigenvalue weighted by Gasteiger charge is 2.28. The van der Waals surface area contributed by atoms with Gasteiger partial charge in [-0.05, 0) is 30.5 Å². The molecule has 0 radical (unpaired) electrons. The van der Waals surface area contributed by atoms with Gasteiger partial charge in [0.15, 0.2) is 5.13 Å². The van der Waals surface area contributed by atoms with Crippen LogP contribution in [0.4, 0.5) is 5.13 Å². The first-order valence-corrected chi connectivity index (χ1v) is 7.23. The number of pyridine rings is 1. The summed E-state index contributed by atoms with van der Waals surface area (Å²) in [6.07, 6.45) is 4.00. The highest BCUT2D eigenvalue weighted by Crippen LogP contribution is 2.43. The number of nitrogens with zero attached hydrogens (tertiary/aromatic N) is 2. The van der Waals surface area contributed by atoms with Crippen LogP contribution in [-0.4, -0.2) is 9.97 Å². The van der Waals surface area contributed by atoms with Gasteiger partial charge in [-0.2, -0.15) is 0 Å². The fourth-order valence-electron chi connectivity index (χ4n) is 2.97. The van der Waals surface area contributed by atoms with E-state index in [1.165, 1.54) is 21.5 Å². The molecular weight excluding hydrogens is 254 g/mol. The molecule has 3 nitrogen and oxygen atoms in total. The zero-order valence-electron chi connectivity index (χ0n) is 10.3. The number of rotatable bonds is 1. The van der Waals surface area contributed by atoms with Crippen molar-refractivity contribution in [3.05, 3.63) is 52.7 Å². The smallest absolute Gasteiger partial charge is 0.180 e. The van der Waals surface area contributed by atoms with Crippen molar-refractivity contribution < 1.29 is 0 Å². The molecule has 1 unspecified atom stereocenters. The van der Waals surface area contributed by atoms with E-state index in [-0.39, 0.29) is 0 Å². The summed E-state index contributed by atoms with van der Waals surface area (Å²) in [7, 11) is 0. The molecule has 0 spiro atoms. The number of hydrogen-bond donors (Lipinski definition) is 1. The molecule has 1 atom stereocenters. The Labute approximate surface area is 115 Å². The molecule has 0 bridgehead atoms. The fourth-order valence-corrected chi connectivity index (χ4v) is 4.01. The molecule has 94 valence electrons. The molecule has 0 aliphatic heterocycles. The fraction of sp³-hybridized carbons (Fsp3) is 0.200. The SMILES string of the molecule is Nc1nc2c(s1)C(c1cccc3ncccc13)CC2. The lowest BCUT2D eigenvalue weighted by atomic mass is 9.94. The monoisotopic (exact) mass is 267 g/mol. The van der Waals surface area contributed by atoms with E-state index >= 15 is 0 Å². The molecular formula is C15H13N3S. The molecule has 1 aliphatic carbocycles. The third kappa shape index (κ3) is 1.64. The van der Waals surface area contributed by atoms with Gasteiger partial charge in [-0.15, -0.1) is 11.3 Å². The molecule has 4 rings (SSSR count). The molecule has 0 saturated carbocycles. The molecule has 2 heterocycles. The van der Waals surface area contributed by atoms with Gasteiger partial charge in [0.1, 0.15) is 0 Å². The first-order valence-electron chi connectivity index (χ1n) is 6.41. The Morgan fingerprint density at radius 1 is 1.21 bits per heavy atom. The Morgan fingerprint density at radius 2 is 2.16 bits per heavy atom. The standard InChI is InChI=1S/C15H13N3S/c16-15-18-13-7-6-11(14(13)19-15)9-3-1-5-12-10(9)4-2-8-17-12/h1-5,8,11H,6-7H2,(H2,16,18). The topological polar surface area (TPSA) is 51.8 Å². The van der Waals surface area contributed by atoms with E-state index in [1.54, 1.807) is 11.3 Å². The van der Waals surface area contributed by atoms with Crippen molar-refractivity contribution in [3.8, 4) is 0 Å². The molecule has 2 N–H and O–H groups in total. The lowest BCUT2D eigenvalue weighted by Gasteiger charge is -2.12. The van der Waals surface area contributed by atoms with Gasteiger partial charge in [-0.25, -0.2) is 4.98 Å². The maximum Gasteiger partial charge on any atom is 0.180 e. The molecule has 0 saturated heterocycles. The highest BCUT2D eigenvalue weighted by atomic mass is 32.1. The Hall–Kier alpha value is -1.94. The number of nitrogens with two attached hydrogens (primary N) is 1. The quantitative estimate of drug-likeness (QED) is 0.735. The van der Waals surface area contributed by atoms with Gasteiger partial charge in [-0.1, -0.05) is 18.2 Å². The normalized spacial score (nSPS) is 17.8. The lowest BCUT2D eigenvalue weighted by Crippen LogP contribution is -1.96. The van der Waals surface area contributed by atoms with E-state index in [4.69, 9.17) is 5.73 Å².